The maximum absolute atomic E-state index is 12.3. The van der Waals surface area contributed by atoms with Crippen molar-refractivity contribution >= 4 is 27.0 Å². The summed E-state index contributed by atoms with van der Waals surface area (Å²) in [6.45, 7) is 3.20. The van der Waals surface area contributed by atoms with Gasteiger partial charge in [0.25, 0.3) is 0 Å². The summed E-state index contributed by atoms with van der Waals surface area (Å²) in [5.41, 5.74) is 1.21. The highest BCUT2D eigenvalue weighted by molar-refractivity contribution is 7.89. The molecule has 3 N–H and O–H groups in total. The molecule has 8 nitrogen and oxygen atoms in total. The SMILES string of the molecule is Cc1cc(S(=O)(=O)NCc2nc3ccc(C(=O)O)cc3[nH]2)c(C)o1. The molecule has 9 heteroatoms. The van der Waals surface area contributed by atoms with E-state index in [0.29, 0.717) is 28.4 Å². The molecule has 24 heavy (non-hydrogen) atoms. The number of H-pyrrole nitrogens is 1. The number of hydrogen-bond donors (Lipinski definition) is 3. The van der Waals surface area contributed by atoms with Crippen LogP contribution in [0.4, 0.5) is 0 Å². The molecule has 0 atom stereocenters. The fourth-order valence-corrected chi connectivity index (χ4v) is 3.62. The molecule has 1 aromatic carbocycles. The Morgan fingerprint density at radius 2 is 2.08 bits per heavy atom. The van der Waals surface area contributed by atoms with Crippen molar-refractivity contribution in [3.63, 3.8) is 0 Å². The lowest BCUT2D eigenvalue weighted by Gasteiger charge is -2.03. The number of benzene rings is 1. The molecule has 126 valence electrons. The van der Waals surface area contributed by atoms with Gasteiger partial charge in [0.05, 0.1) is 23.1 Å². The summed E-state index contributed by atoms with van der Waals surface area (Å²) < 4.78 is 32.3. The van der Waals surface area contributed by atoms with Gasteiger partial charge < -0.3 is 14.5 Å². The molecule has 0 fully saturated rings. The number of aromatic amines is 1. The summed E-state index contributed by atoms with van der Waals surface area (Å²) in [6.07, 6.45) is 0. The number of carboxylic acids is 1. The summed E-state index contributed by atoms with van der Waals surface area (Å²) in [7, 11) is -3.73. The average Bonchev–Trinajstić information content (AvgIpc) is 3.07. The second-order valence-electron chi connectivity index (χ2n) is 5.32. The lowest BCUT2D eigenvalue weighted by molar-refractivity contribution is 0.0697. The van der Waals surface area contributed by atoms with Crippen LogP contribution in [0.1, 0.15) is 27.7 Å². The number of imidazole rings is 1. The van der Waals surface area contributed by atoms with Crippen LogP contribution >= 0.6 is 0 Å². The van der Waals surface area contributed by atoms with Crippen LogP contribution in [0.3, 0.4) is 0 Å². The number of aromatic nitrogens is 2. The quantitative estimate of drug-likeness (QED) is 0.646. The molecule has 3 rings (SSSR count). The van der Waals surface area contributed by atoms with E-state index in [1.807, 2.05) is 0 Å². The number of rotatable bonds is 5. The second kappa shape index (κ2) is 5.77. The molecule has 0 spiro atoms. The number of aromatic carboxylic acids is 1. The third-order valence-corrected chi connectivity index (χ3v) is 5.00. The Labute approximate surface area is 137 Å². The molecule has 0 aliphatic heterocycles. The first-order chi connectivity index (χ1) is 11.3. The van der Waals surface area contributed by atoms with Crippen LogP contribution in [-0.2, 0) is 16.6 Å². The maximum atomic E-state index is 12.3. The van der Waals surface area contributed by atoms with E-state index in [1.165, 1.54) is 18.2 Å². The Balaban J connectivity index is 1.82. The van der Waals surface area contributed by atoms with Crippen molar-refractivity contribution in [1.29, 1.82) is 0 Å². The molecular weight excluding hydrogens is 334 g/mol. The highest BCUT2D eigenvalue weighted by Crippen LogP contribution is 2.19. The summed E-state index contributed by atoms with van der Waals surface area (Å²) in [5.74, 6) is 0.169. The van der Waals surface area contributed by atoms with Crippen LogP contribution in [0.2, 0.25) is 0 Å². The lowest BCUT2D eigenvalue weighted by atomic mass is 10.2. The van der Waals surface area contributed by atoms with Gasteiger partial charge in [0.1, 0.15) is 22.2 Å². The van der Waals surface area contributed by atoms with Gasteiger partial charge in [0.2, 0.25) is 10.0 Å². The molecule has 2 heterocycles. The van der Waals surface area contributed by atoms with Gasteiger partial charge in [-0.2, -0.15) is 0 Å². The fraction of sp³-hybridized carbons (Fsp3) is 0.200. The molecule has 0 aliphatic carbocycles. The predicted molar refractivity (Wildman–Crippen MR) is 85.3 cm³/mol. The zero-order valence-electron chi connectivity index (χ0n) is 13.0. The van der Waals surface area contributed by atoms with Crippen molar-refractivity contribution in [2.24, 2.45) is 0 Å². The predicted octanol–water partition coefficient (Wildman–Crippen LogP) is 1.95. The van der Waals surface area contributed by atoms with Crippen molar-refractivity contribution in [1.82, 2.24) is 14.7 Å². The van der Waals surface area contributed by atoms with Crippen molar-refractivity contribution in [3.8, 4) is 0 Å². The number of aryl methyl sites for hydroxylation is 2. The van der Waals surface area contributed by atoms with Crippen LogP contribution in [-0.4, -0.2) is 29.5 Å². The molecule has 0 bridgehead atoms. The van der Waals surface area contributed by atoms with Gasteiger partial charge in [-0.25, -0.2) is 22.9 Å². The molecule has 0 radical (unpaired) electrons. The number of hydrogen-bond acceptors (Lipinski definition) is 5. The Bertz CT molecular complexity index is 1030. The van der Waals surface area contributed by atoms with Crippen LogP contribution in [0.25, 0.3) is 11.0 Å². The van der Waals surface area contributed by atoms with Gasteiger partial charge in [-0.3, -0.25) is 0 Å². The van der Waals surface area contributed by atoms with E-state index in [-0.39, 0.29) is 17.0 Å². The standard InChI is InChI=1S/C15H15N3O5S/c1-8-5-13(9(2)23-8)24(21,22)16-7-14-17-11-4-3-10(15(19)20)6-12(11)18-14/h3-6,16H,7H2,1-2H3,(H,17,18)(H,19,20). The minimum atomic E-state index is -3.73. The average molecular weight is 349 g/mol. The number of sulfonamides is 1. The van der Waals surface area contributed by atoms with E-state index < -0.39 is 16.0 Å². The normalized spacial score (nSPS) is 11.9. The summed E-state index contributed by atoms with van der Waals surface area (Å²) in [6, 6.07) is 5.91. The van der Waals surface area contributed by atoms with E-state index in [4.69, 9.17) is 9.52 Å². The summed E-state index contributed by atoms with van der Waals surface area (Å²) >= 11 is 0. The van der Waals surface area contributed by atoms with E-state index in [9.17, 15) is 13.2 Å². The maximum Gasteiger partial charge on any atom is 0.335 e. The highest BCUT2D eigenvalue weighted by atomic mass is 32.2. The molecule has 0 unspecified atom stereocenters. The minimum Gasteiger partial charge on any atom is -0.478 e. The number of carbonyl (C=O) groups is 1. The first-order valence-electron chi connectivity index (χ1n) is 7.05. The Kier molecular flexibility index (Phi) is 3.90. The smallest absolute Gasteiger partial charge is 0.335 e. The number of furan rings is 1. The third kappa shape index (κ3) is 3.03. The monoisotopic (exact) mass is 349 g/mol. The van der Waals surface area contributed by atoms with Crippen molar-refractivity contribution < 1.29 is 22.7 Å². The van der Waals surface area contributed by atoms with E-state index in [0.717, 1.165) is 0 Å². The molecule has 2 aromatic heterocycles. The van der Waals surface area contributed by atoms with Gasteiger partial charge >= 0.3 is 5.97 Å². The zero-order chi connectivity index (χ0) is 17.5. The number of carboxylic acid groups (broad SMARTS) is 1. The largest absolute Gasteiger partial charge is 0.478 e. The van der Waals surface area contributed by atoms with Gasteiger partial charge in [-0.1, -0.05) is 0 Å². The molecule has 0 amide bonds. The molecular formula is C15H15N3O5S. The third-order valence-electron chi connectivity index (χ3n) is 3.49. The second-order valence-corrected chi connectivity index (χ2v) is 7.06. The first kappa shape index (κ1) is 16.2. The fourth-order valence-electron chi connectivity index (χ4n) is 2.39. The Morgan fingerprint density at radius 3 is 2.71 bits per heavy atom. The lowest BCUT2D eigenvalue weighted by Crippen LogP contribution is -2.24. The number of nitrogens with one attached hydrogen (secondary N) is 2. The summed E-state index contributed by atoms with van der Waals surface area (Å²) in [4.78, 5) is 18.2. The molecule has 0 saturated heterocycles. The molecule has 0 aliphatic rings. The zero-order valence-corrected chi connectivity index (χ0v) is 13.8. The molecule has 0 saturated carbocycles. The van der Waals surface area contributed by atoms with Crippen molar-refractivity contribution in [2.75, 3.05) is 0 Å². The highest BCUT2D eigenvalue weighted by Gasteiger charge is 2.20. The first-order valence-corrected chi connectivity index (χ1v) is 8.53. The Morgan fingerprint density at radius 1 is 1.33 bits per heavy atom. The van der Waals surface area contributed by atoms with E-state index in [2.05, 4.69) is 14.7 Å². The van der Waals surface area contributed by atoms with Crippen LogP contribution < -0.4 is 4.72 Å². The van der Waals surface area contributed by atoms with Crippen LogP contribution in [0.5, 0.6) is 0 Å². The number of fused-ring (bicyclic) bond motifs is 1. The van der Waals surface area contributed by atoms with E-state index >= 15 is 0 Å². The van der Waals surface area contributed by atoms with Gasteiger partial charge in [-0.05, 0) is 38.1 Å². The van der Waals surface area contributed by atoms with Gasteiger partial charge in [0.15, 0.2) is 0 Å². The van der Waals surface area contributed by atoms with Crippen LogP contribution in [0, 0.1) is 13.8 Å². The van der Waals surface area contributed by atoms with Gasteiger partial charge in [0, 0.05) is 0 Å². The van der Waals surface area contributed by atoms with Crippen molar-refractivity contribution in [2.45, 2.75) is 25.3 Å². The van der Waals surface area contributed by atoms with Crippen molar-refractivity contribution in [3.05, 3.63) is 47.2 Å². The van der Waals surface area contributed by atoms with E-state index in [1.54, 1.807) is 19.9 Å². The summed E-state index contributed by atoms with van der Waals surface area (Å²) in [5, 5.41) is 8.98. The number of nitrogens with zero attached hydrogens (tertiary/aromatic N) is 1. The van der Waals surface area contributed by atoms with Gasteiger partial charge in [-0.15, -0.1) is 0 Å². The minimum absolute atomic E-state index is 0.0525. The topological polar surface area (TPSA) is 125 Å². The molecule has 3 aromatic rings. The Hall–Kier alpha value is -2.65. The van der Waals surface area contributed by atoms with Crippen LogP contribution in [0.15, 0.2) is 33.6 Å².